The fraction of sp³-hybridized carbons (Fsp3) is 0.400. The van der Waals surface area contributed by atoms with Gasteiger partial charge in [0.2, 0.25) is 0 Å². The topological polar surface area (TPSA) is 65.5 Å². The van der Waals surface area contributed by atoms with Gasteiger partial charge in [-0.3, -0.25) is 0 Å². The predicted octanol–water partition coefficient (Wildman–Crippen LogP) is 3.91. The molecule has 0 saturated carbocycles. The molecule has 1 aromatic heterocycles. The maximum absolute atomic E-state index is 12.3. The van der Waals surface area contributed by atoms with E-state index in [-0.39, 0.29) is 12.1 Å². The molecule has 0 bridgehead atoms. The number of hydrogen-bond acceptors (Lipinski definition) is 3. The van der Waals surface area contributed by atoms with Crippen LogP contribution in [0.15, 0.2) is 39.7 Å². The van der Waals surface area contributed by atoms with Crippen LogP contribution in [0.2, 0.25) is 0 Å². The number of amides is 2. The van der Waals surface area contributed by atoms with Gasteiger partial charge in [0, 0.05) is 23.8 Å². The van der Waals surface area contributed by atoms with Crippen LogP contribution in [0.25, 0.3) is 10.9 Å². The average molecular weight is 306 g/mol. The van der Waals surface area contributed by atoms with Crippen molar-refractivity contribution in [2.24, 2.45) is 4.36 Å². The van der Waals surface area contributed by atoms with Gasteiger partial charge in [0.1, 0.15) is 0 Å². The first kappa shape index (κ1) is 15.6. The van der Waals surface area contributed by atoms with E-state index in [1.807, 2.05) is 46.0 Å². The number of urea groups is 1. The third-order valence-corrected chi connectivity index (χ3v) is 4.20. The summed E-state index contributed by atoms with van der Waals surface area (Å²) in [4.78, 5) is 17.4. The highest BCUT2D eigenvalue weighted by atomic mass is 32.2. The standard InChI is InChI=1S/C15H20N3O2S/c1-10(2)18(11(3)4)15(19)17-21(20)13-5-6-14-12(9-13)7-8-16-14/h5-11,16H,1-4H3/q-1. The number of aromatic amines is 1. The molecule has 114 valence electrons. The second-order valence-corrected chi connectivity index (χ2v) is 6.60. The zero-order chi connectivity index (χ0) is 15.6. The number of carbonyl (C=O) groups excluding carboxylic acids is 1. The van der Waals surface area contributed by atoms with Crippen LogP contribution in [0, 0.1) is 0 Å². The lowest BCUT2D eigenvalue weighted by Gasteiger charge is -2.29. The van der Waals surface area contributed by atoms with Gasteiger partial charge in [-0.05, 0) is 45.2 Å². The Morgan fingerprint density at radius 2 is 1.86 bits per heavy atom. The van der Waals surface area contributed by atoms with E-state index < -0.39 is 16.6 Å². The molecule has 1 heterocycles. The Kier molecular flexibility index (Phi) is 4.67. The third-order valence-electron chi connectivity index (χ3n) is 3.22. The maximum atomic E-state index is 12.3. The van der Waals surface area contributed by atoms with Gasteiger partial charge >= 0.3 is 6.03 Å². The molecule has 1 N–H and O–H groups in total. The van der Waals surface area contributed by atoms with E-state index in [2.05, 4.69) is 9.35 Å². The zero-order valence-electron chi connectivity index (χ0n) is 12.7. The second kappa shape index (κ2) is 6.30. The number of hydrogen-bond donors (Lipinski definition) is 1. The van der Waals surface area contributed by atoms with Crippen molar-refractivity contribution in [2.45, 2.75) is 44.7 Å². The van der Waals surface area contributed by atoms with E-state index in [1.54, 1.807) is 17.0 Å². The summed E-state index contributed by atoms with van der Waals surface area (Å²) >= 11 is 0. The summed E-state index contributed by atoms with van der Waals surface area (Å²) in [5, 5.41) is 0.952. The molecule has 0 saturated heterocycles. The second-order valence-electron chi connectivity index (χ2n) is 5.44. The summed E-state index contributed by atoms with van der Waals surface area (Å²) in [5.41, 5.74) is 0.966. The Hall–Kier alpha value is -1.82. The molecular formula is C15H20N3O2S-. The summed E-state index contributed by atoms with van der Waals surface area (Å²) in [6.45, 7) is 7.68. The Morgan fingerprint density at radius 1 is 1.19 bits per heavy atom. The number of rotatable bonds is 3. The Balaban J connectivity index is 2.31. The molecule has 2 amide bonds. The Morgan fingerprint density at radius 3 is 2.48 bits per heavy atom. The highest BCUT2D eigenvalue weighted by Crippen LogP contribution is 2.16. The van der Waals surface area contributed by atoms with E-state index in [4.69, 9.17) is 0 Å². The summed E-state index contributed by atoms with van der Waals surface area (Å²) in [7, 11) is -1.69. The molecule has 0 spiro atoms. The van der Waals surface area contributed by atoms with Crippen LogP contribution < -0.4 is 0 Å². The van der Waals surface area contributed by atoms with Crippen LogP contribution in [0.3, 0.4) is 0 Å². The van der Waals surface area contributed by atoms with Gasteiger partial charge in [-0.1, -0.05) is 17.0 Å². The van der Waals surface area contributed by atoms with Crippen molar-refractivity contribution in [1.29, 1.82) is 0 Å². The first-order chi connectivity index (χ1) is 9.90. The molecule has 0 aliphatic rings. The van der Waals surface area contributed by atoms with E-state index in [0.717, 1.165) is 10.9 Å². The van der Waals surface area contributed by atoms with Gasteiger partial charge in [-0.15, -0.1) is 0 Å². The van der Waals surface area contributed by atoms with Crippen LogP contribution >= 0.6 is 0 Å². The highest BCUT2D eigenvalue weighted by molar-refractivity contribution is 7.75. The first-order valence-electron chi connectivity index (χ1n) is 6.93. The number of nitrogens with zero attached hydrogens (tertiary/aromatic N) is 2. The predicted molar refractivity (Wildman–Crippen MR) is 84.6 cm³/mol. The van der Waals surface area contributed by atoms with Crippen LogP contribution in [0.1, 0.15) is 27.7 Å². The van der Waals surface area contributed by atoms with Crippen molar-refractivity contribution in [2.75, 3.05) is 0 Å². The molecule has 0 atom stereocenters. The van der Waals surface area contributed by atoms with Crippen molar-refractivity contribution >= 4 is 27.5 Å². The number of carbonyl (C=O) groups is 1. The van der Waals surface area contributed by atoms with E-state index in [9.17, 15) is 9.00 Å². The third kappa shape index (κ3) is 3.44. The number of aromatic nitrogens is 1. The number of H-pyrrole nitrogens is 1. The minimum atomic E-state index is -1.69. The lowest BCUT2D eigenvalue weighted by molar-refractivity contribution is 0.175. The van der Waals surface area contributed by atoms with Gasteiger partial charge in [-0.2, -0.15) is 10.6 Å². The average Bonchev–Trinajstić information content (AvgIpc) is 2.84. The van der Waals surface area contributed by atoms with Crippen LogP contribution in [0.4, 0.5) is 4.79 Å². The molecular weight excluding hydrogens is 286 g/mol. The highest BCUT2D eigenvalue weighted by Gasteiger charge is 2.17. The van der Waals surface area contributed by atoms with Gasteiger partial charge in [-0.25, -0.2) is 4.79 Å². The number of nitrogens with one attached hydrogen (secondary N) is 1. The molecule has 0 aliphatic carbocycles. The number of benzene rings is 1. The molecule has 0 radical (unpaired) electrons. The molecule has 1 aromatic carbocycles. The normalized spacial score (nSPS) is 13.2. The van der Waals surface area contributed by atoms with Crippen molar-refractivity contribution in [3.05, 3.63) is 30.5 Å². The SMILES string of the molecule is CC(C)N(C(=O)/N=[S-](=O)/c1ccc2[nH]ccc2c1)C(C)C. The van der Waals surface area contributed by atoms with Crippen LogP contribution in [-0.4, -0.2) is 28.0 Å². The van der Waals surface area contributed by atoms with Crippen molar-refractivity contribution in [1.82, 2.24) is 9.88 Å². The maximum Gasteiger partial charge on any atom is 0.320 e. The summed E-state index contributed by atoms with van der Waals surface area (Å²) in [5.74, 6) is 0. The summed E-state index contributed by atoms with van der Waals surface area (Å²) in [6, 6.07) is 6.84. The van der Waals surface area contributed by atoms with Gasteiger partial charge in [0.25, 0.3) is 0 Å². The molecule has 21 heavy (non-hydrogen) atoms. The van der Waals surface area contributed by atoms with E-state index in [1.165, 1.54) is 0 Å². The quantitative estimate of drug-likeness (QED) is 0.874. The van der Waals surface area contributed by atoms with E-state index in [0.29, 0.717) is 4.90 Å². The Labute approximate surface area is 126 Å². The molecule has 2 rings (SSSR count). The van der Waals surface area contributed by atoms with Gasteiger partial charge < -0.3 is 18.5 Å². The lowest BCUT2D eigenvalue weighted by Crippen LogP contribution is -2.40. The van der Waals surface area contributed by atoms with E-state index >= 15 is 0 Å². The fourth-order valence-corrected chi connectivity index (χ4v) is 3.10. The monoisotopic (exact) mass is 306 g/mol. The van der Waals surface area contributed by atoms with Crippen molar-refractivity contribution in [3.63, 3.8) is 0 Å². The largest absolute Gasteiger partial charge is 0.439 e. The molecule has 0 fully saturated rings. The van der Waals surface area contributed by atoms with Crippen molar-refractivity contribution in [3.8, 4) is 0 Å². The molecule has 2 aromatic rings. The minimum absolute atomic E-state index is 0.0189. The van der Waals surface area contributed by atoms with Crippen molar-refractivity contribution < 1.29 is 9.00 Å². The number of fused-ring (bicyclic) bond motifs is 1. The minimum Gasteiger partial charge on any atom is -0.439 e. The smallest absolute Gasteiger partial charge is 0.320 e. The molecule has 5 nitrogen and oxygen atoms in total. The summed E-state index contributed by atoms with van der Waals surface area (Å²) in [6.07, 6.45) is 1.82. The van der Waals surface area contributed by atoms with Crippen LogP contribution in [-0.2, 0) is 14.8 Å². The Bertz CT molecular complexity index is 719. The van der Waals surface area contributed by atoms with Gasteiger partial charge in [0.15, 0.2) is 0 Å². The fourth-order valence-electron chi connectivity index (χ4n) is 2.35. The van der Waals surface area contributed by atoms with Gasteiger partial charge in [0.05, 0.1) is 0 Å². The molecule has 6 heteroatoms. The van der Waals surface area contributed by atoms with Crippen LogP contribution in [0.5, 0.6) is 0 Å². The lowest BCUT2D eigenvalue weighted by atomic mass is 10.2. The first-order valence-corrected chi connectivity index (χ1v) is 8.04. The summed E-state index contributed by atoms with van der Waals surface area (Å²) < 4.78 is 16.1. The molecule has 0 unspecified atom stereocenters. The molecule has 0 aliphatic heterocycles. The zero-order valence-corrected chi connectivity index (χ0v) is 13.5.